The minimum Gasteiger partial charge on any atom is -0.386 e. The van der Waals surface area contributed by atoms with Gasteiger partial charge in [0.15, 0.2) is 4.90 Å². The van der Waals surface area contributed by atoms with E-state index < -0.39 is 51.4 Å². The normalized spacial score (nSPS) is 12.8. The number of ether oxygens (including phenoxy) is 1. The summed E-state index contributed by atoms with van der Waals surface area (Å²) in [4.78, 5) is 1.60. The van der Waals surface area contributed by atoms with E-state index in [1.165, 1.54) is 0 Å². The maximum Gasteiger partial charge on any atom is 0.574 e. The van der Waals surface area contributed by atoms with Gasteiger partial charge in [0.2, 0.25) is 15.9 Å². The fourth-order valence-corrected chi connectivity index (χ4v) is 2.12. The molecule has 1 heterocycles. The van der Waals surface area contributed by atoms with Crippen molar-refractivity contribution in [3.63, 3.8) is 0 Å². The Morgan fingerprint density at radius 2 is 1.90 bits per heavy atom. The lowest BCUT2D eigenvalue weighted by atomic mass is 10.2. The summed E-state index contributed by atoms with van der Waals surface area (Å²) in [7, 11) is -4.91. The largest absolute Gasteiger partial charge is 0.574 e. The number of alkyl halides is 5. The van der Waals surface area contributed by atoms with Crippen LogP contribution in [0.15, 0.2) is 11.0 Å². The van der Waals surface area contributed by atoms with Crippen LogP contribution in [0.2, 0.25) is 0 Å². The highest BCUT2D eigenvalue weighted by Crippen LogP contribution is 2.35. The Kier molecular flexibility index (Phi) is 4.51. The van der Waals surface area contributed by atoms with Crippen LogP contribution in [-0.4, -0.2) is 19.8 Å². The zero-order chi connectivity index (χ0) is 15.7. The number of nitrogens with zero attached hydrogens (tertiary/aromatic N) is 1. The third-order valence-electron chi connectivity index (χ3n) is 1.96. The van der Waals surface area contributed by atoms with Crippen molar-refractivity contribution in [1.82, 2.24) is 4.98 Å². The van der Waals surface area contributed by atoms with E-state index in [1.54, 1.807) is 0 Å². The van der Waals surface area contributed by atoms with Gasteiger partial charge in [-0.05, 0) is 6.07 Å². The second kappa shape index (κ2) is 5.46. The molecule has 0 bridgehead atoms. The van der Waals surface area contributed by atoms with Crippen LogP contribution in [0.5, 0.6) is 5.88 Å². The smallest absolute Gasteiger partial charge is 0.386 e. The molecule has 20 heavy (non-hydrogen) atoms. The summed E-state index contributed by atoms with van der Waals surface area (Å²) in [6.07, 6.45) is -8.74. The Bertz CT molecular complexity index is 602. The van der Waals surface area contributed by atoms with Gasteiger partial charge in [0.05, 0.1) is 5.69 Å². The summed E-state index contributed by atoms with van der Waals surface area (Å²) >= 11 is 0. The zero-order valence-electron chi connectivity index (χ0n) is 9.49. The third kappa shape index (κ3) is 3.98. The van der Waals surface area contributed by atoms with Gasteiger partial charge in [0.1, 0.15) is 0 Å². The van der Waals surface area contributed by atoms with Gasteiger partial charge in [0.25, 0.3) is 6.43 Å². The molecule has 0 saturated carbocycles. The van der Waals surface area contributed by atoms with Crippen molar-refractivity contribution in [2.24, 2.45) is 10.9 Å². The van der Waals surface area contributed by atoms with E-state index in [0.717, 1.165) is 0 Å². The molecular formula is C8H8F5N3O3S. The van der Waals surface area contributed by atoms with Crippen molar-refractivity contribution in [3.8, 4) is 5.88 Å². The van der Waals surface area contributed by atoms with Crippen LogP contribution in [0, 0.1) is 0 Å². The number of hydrogen-bond donors (Lipinski definition) is 2. The van der Waals surface area contributed by atoms with Crippen molar-refractivity contribution < 1.29 is 35.1 Å². The highest BCUT2D eigenvalue weighted by Gasteiger charge is 2.37. The number of sulfonamides is 1. The van der Waals surface area contributed by atoms with E-state index in [0.29, 0.717) is 6.07 Å². The van der Waals surface area contributed by atoms with E-state index in [1.807, 2.05) is 0 Å². The van der Waals surface area contributed by atoms with Crippen LogP contribution >= 0.6 is 0 Å². The molecule has 1 rings (SSSR count). The van der Waals surface area contributed by atoms with Crippen LogP contribution in [0.3, 0.4) is 0 Å². The average Bonchev–Trinajstić information content (AvgIpc) is 2.23. The Hall–Kier alpha value is -1.53. The molecule has 0 aliphatic carbocycles. The summed E-state index contributed by atoms with van der Waals surface area (Å²) in [5.41, 5.74) is 3.41. The van der Waals surface area contributed by atoms with Crippen LogP contribution in [0.25, 0.3) is 0 Å². The first-order valence-electron chi connectivity index (χ1n) is 4.76. The molecular weight excluding hydrogens is 313 g/mol. The van der Waals surface area contributed by atoms with Gasteiger partial charge in [-0.15, -0.1) is 13.2 Å². The fraction of sp³-hybridized carbons (Fsp3) is 0.375. The molecule has 0 unspecified atom stereocenters. The minimum absolute atomic E-state index is 0.410. The topological polar surface area (TPSA) is 108 Å². The van der Waals surface area contributed by atoms with E-state index in [2.05, 4.69) is 14.9 Å². The van der Waals surface area contributed by atoms with Crippen molar-refractivity contribution in [1.29, 1.82) is 0 Å². The molecule has 0 atom stereocenters. The number of nitrogens with two attached hydrogens (primary N) is 2. The highest BCUT2D eigenvalue weighted by molar-refractivity contribution is 7.89. The maximum atomic E-state index is 12.8. The second-order valence-electron chi connectivity index (χ2n) is 3.43. The quantitative estimate of drug-likeness (QED) is 0.805. The van der Waals surface area contributed by atoms with E-state index >= 15 is 0 Å². The van der Waals surface area contributed by atoms with Gasteiger partial charge in [-0.3, -0.25) is 0 Å². The number of primary sulfonamides is 1. The molecule has 0 aliphatic heterocycles. The van der Waals surface area contributed by atoms with Gasteiger partial charge in [-0.25, -0.2) is 27.3 Å². The molecule has 114 valence electrons. The molecule has 0 amide bonds. The molecule has 0 aliphatic rings. The van der Waals surface area contributed by atoms with Crippen LogP contribution in [0.1, 0.15) is 17.7 Å². The average molecular weight is 321 g/mol. The van der Waals surface area contributed by atoms with Crippen LogP contribution in [-0.2, 0) is 16.6 Å². The summed E-state index contributed by atoms with van der Waals surface area (Å²) in [5.74, 6) is -1.58. The Labute approximate surface area is 109 Å². The van der Waals surface area contributed by atoms with Crippen molar-refractivity contribution in [3.05, 3.63) is 17.3 Å². The Balaban J connectivity index is 3.65. The van der Waals surface area contributed by atoms with Crippen LogP contribution < -0.4 is 15.6 Å². The lowest BCUT2D eigenvalue weighted by molar-refractivity contribution is -0.277. The zero-order valence-corrected chi connectivity index (χ0v) is 10.3. The second-order valence-corrected chi connectivity index (χ2v) is 4.93. The molecule has 0 radical (unpaired) electrons. The first kappa shape index (κ1) is 16.5. The SMILES string of the molecule is NCc1cc(C(F)F)c(S(N)(=O)=O)c(OC(F)(F)F)n1. The van der Waals surface area contributed by atoms with Gasteiger partial charge in [-0.2, -0.15) is 0 Å². The molecule has 0 aromatic carbocycles. The summed E-state index contributed by atoms with van der Waals surface area (Å²) < 4.78 is 87.7. The third-order valence-corrected chi connectivity index (χ3v) is 2.94. The molecule has 1 aromatic rings. The highest BCUT2D eigenvalue weighted by atomic mass is 32.2. The van der Waals surface area contributed by atoms with Crippen molar-refractivity contribution in [2.75, 3.05) is 0 Å². The van der Waals surface area contributed by atoms with E-state index in [9.17, 15) is 30.4 Å². The predicted octanol–water partition coefficient (Wildman–Crippen LogP) is 1.02. The number of rotatable bonds is 4. The molecule has 0 fully saturated rings. The lowest BCUT2D eigenvalue weighted by Gasteiger charge is -2.15. The van der Waals surface area contributed by atoms with Gasteiger partial charge >= 0.3 is 6.36 Å². The maximum absolute atomic E-state index is 12.8. The minimum atomic E-state index is -5.33. The van der Waals surface area contributed by atoms with E-state index in [-0.39, 0.29) is 0 Å². The first-order valence-corrected chi connectivity index (χ1v) is 6.31. The predicted molar refractivity (Wildman–Crippen MR) is 55.1 cm³/mol. The van der Waals surface area contributed by atoms with Gasteiger partial charge < -0.3 is 10.5 Å². The molecule has 12 heteroatoms. The number of pyridine rings is 1. The number of aromatic nitrogens is 1. The monoisotopic (exact) mass is 321 g/mol. The summed E-state index contributed by atoms with van der Waals surface area (Å²) in [6.45, 7) is -0.501. The summed E-state index contributed by atoms with van der Waals surface area (Å²) in [5, 5.41) is 4.63. The molecule has 4 N–H and O–H groups in total. The number of hydrogen-bond acceptors (Lipinski definition) is 5. The first-order chi connectivity index (χ1) is 8.95. The molecule has 6 nitrogen and oxygen atoms in total. The van der Waals surface area contributed by atoms with Crippen molar-refractivity contribution in [2.45, 2.75) is 24.2 Å². The fourth-order valence-electron chi connectivity index (χ4n) is 1.31. The van der Waals surface area contributed by atoms with E-state index in [4.69, 9.17) is 5.73 Å². The lowest BCUT2D eigenvalue weighted by Crippen LogP contribution is -2.24. The molecule has 0 spiro atoms. The standard InChI is InChI=1S/C8H8F5N3O3S/c9-6(10)4-1-3(2-14)16-7(19-8(11,12)13)5(4)20(15,17)18/h1,6H,2,14H2,(H2,15,17,18). The van der Waals surface area contributed by atoms with Gasteiger partial charge in [-0.1, -0.05) is 0 Å². The van der Waals surface area contributed by atoms with Crippen molar-refractivity contribution >= 4 is 10.0 Å². The van der Waals surface area contributed by atoms with Gasteiger partial charge in [0, 0.05) is 12.1 Å². The Morgan fingerprint density at radius 1 is 1.35 bits per heavy atom. The molecule has 0 saturated heterocycles. The summed E-state index contributed by atoms with van der Waals surface area (Å²) in [6, 6.07) is 0.549. The van der Waals surface area contributed by atoms with Crippen LogP contribution in [0.4, 0.5) is 22.0 Å². The number of halogens is 5. The Morgan fingerprint density at radius 3 is 2.25 bits per heavy atom. The molecule has 1 aromatic heterocycles.